The second-order valence-corrected chi connectivity index (χ2v) is 5.59. The highest BCUT2D eigenvalue weighted by atomic mass is 16.5. The number of ketones is 1. The topological polar surface area (TPSA) is 39.4 Å². The zero-order valence-electron chi connectivity index (χ0n) is 11.9. The Bertz CT molecular complexity index is 570. The number of benzene rings is 1. The minimum atomic E-state index is -0.690. The number of hydrogen-bond acceptors (Lipinski definition) is 3. The molecule has 1 fully saturated rings. The van der Waals surface area contributed by atoms with Crippen LogP contribution in [0.2, 0.25) is 0 Å². The monoisotopic (exact) mass is 272 g/mol. The minimum Gasteiger partial charge on any atom is -0.453 e. The summed E-state index contributed by atoms with van der Waals surface area (Å²) < 4.78 is 11.4. The number of methoxy groups -OCH3 is 1. The number of fused-ring (bicyclic) bond motifs is 1. The van der Waals surface area contributed by atoms with Gasteiger partial charge in [-0.05, 0) is 25.0 Å². The first-order chi connectivity index (χ1) is 9.75. The molecule has 0 unspecified atom stereocenters. The van der Waals surface area contributed by atoms with Crippen molar-refractivity contribution in [2.45, 2.75) is 44.1 Å². The normalized spacial score (nSPS) is 18.9. The van der Waals surface area contributed by atoms with Crippen LogP contribution in [-0.4, -0.2) is 18.5 Å². The molecule has 0 amide bonds. The van der Waals surface area contributed by atoms with Gasteiger partial charge in [-0.1, -0.05) is 43.9 Å². The zero-order chi connectivity index (χ0) is 14.0. The molecule has 1 aliphatic rings. The van der Waals surface area contributed by atoms with E-state index < -0.39 is 5.60 Å². The standard InChI is InChI=1S/C17H20O3/c1-19-17(10-6-2-3-7-11-17)16(18)15-12-13-8-4-5-9-14(13)20-15/h4-5,8-9,12H,2-3,6-7,10-11H2,1H3. The fraction of sp³-hybridized carbons (Fsp3) is 0.471. The van der Waals surface area contributed by atoms with E-state index in [0.29, 0.717) is 5.76 Å². The van der Waals surface area contributed by atoms with E-state index >= 15 is 0 Å². The first-order valence-corrected chi connectivity index (χ1v) is 7.34. The molecule has 106 valence electrons. The van der Waals surface area contributed by atoms with Gasteiger partial charge in [-0.15, -0.1) is 0 Å². The second-order valence-electron chi connectivity index (χ2n) is 5.59. The summed E-state index contributed by atoms with van der Waals surface area (Å²) in [6.07, 6.45) is 6.02. The molecule has 2 aromatic rings. The smallest absolute Gasteiger partial charge is 0.229 e. The third-order valence-corrected chi connectivity index (χ3v) is 4.37. The number of ether oxygens (including phenoxy) is 1. The SMILES string of the molecule is COC1(C(=O)c2cc3ccccc3o2)CCCCCC1. The first kappa shape index (κ1) is 13.4. The Balaban J connectivity index is 1.96. The lowest BCUT2D eigenvalue weighted by Crippen LogP contribution is -2.40. The lowest BCUT2D eigenvalue weighted by molar-refractivity contribution is -0.00875. The Morgan fingerprint density at radius 2 is 1.85 bits per heavy atom. The van der Waals surface area contributed by atoms with E-state index in [1.807, 2.05) is 30.3 Å². The van der Waals surface area contributed by atoms with E-state index in [1.54, 1.807) is 7.11 Å². The maximum absolute atomic E-state index is 12.9. The van der Waals surface area contributed by atoms with Gasteiger partial charge in [0.05, 0.1) is 0 Å². The highest BCUT2D eigenvalue weighted by Gasteiger charge is 2.40. The molecule has 3 heteroatoms. The molecule has 1 saturated carbocycles. The minimum absolute atomic E-state index is 0.00176. The van der Waals surface area contributed by atoms with Crippen molar-refractivity contribution in [2.75, 3.05) is 7.11 Å². The summed E-state index contributed by atoms with van der Waals surface area (Å²) in [5.41, 5.74) is 0.0698. The molecule has 0 radical (unpaired) electrons. The van der Waals surface area contributed by atoms with Crippen molar-refractivity contribution in [3.05, 3.63) is 36.1 Å². The summed E-state index contributed by atoms with van der Waals surface area (Å²) in [7, 11) is 1.64. The van der Waals surface area contributed by atoms with Gasteiger partial charge in [-0.3, -0.25) is 4.79 Å². The Kier molecular flexibility index (Phi) is 3.62. The molecule has 0 N–H and O–H groups in total. The van der Waals surface area contributed by atoms with Crippen LogP contribution in [0, 0.1) is 0 Å². The predicted octanol–water partition coefficient (Wildman–Crippen LogP) is 4.35. The van der Waals surface area contributed by atoms with Crippen LogP contribution >= 0.6 is 0 Å². The van der Waals surface area contributed by atoms with Crippen molar-refractivity contribution in [1.29, 1.82) is 0 Å². The Hall–Kier alpha value is -1.61. The van der Waals surface area contributed by atoms with Crippen LogP contribution in [0.4, 0.5) is 0 Å². The summed E-state index contributed by atoms with van der Waals surface area (Å²) in [6.45, 7) is 0. The van der Waals surface area contributed by atoms with Gasteiger partial charge in [-0.2, -0.15) is 0 Å². The van der Waals surface area contributed by atoms with E-state index in [4.69, 9.17) is 9.15 Å². The Morgan fingerprint density at radius 1 is 1.15 bits per heavy atom. The average molecular weight is 272 g/mol. The van der Waals surface area contributed by atoms with E-state index in [0.717, 1.165) is 36.7 Å². The van der Waals surface area contributed by atoms with Crippen molar-refractivity contribution in [3.63, 3.8) is 0 Å². The van der Waals surface area contributed by atoms with E-state index in [1.165, 1.54) is 12.8 Å². The van der Waals surface area contributed by atoms with Crippen molar-refractivity contribution < 1.29 is 13.9 Å². The Morgan fingerprint density at radius 3 is 2.50 bits per heavy atom. The lowest BCUT2D eigenvalue weighted by atomic mass is 9.88. The maximum atomic E-state index is 12.9. The molecule has 3 rings (SSSR count). The predicted molar refractivity (Wildman–Crippen MR) is 78.0 cm³/mol. The largest absolute Gasteiger partial charge is 0.453 e. The van der Waals surface area contributed by atoms with Gasteiger partial charge in [0.25, 0.3) is 0 Å². The highest BCUT2D eigenvalue weighted by molar-refractivity contribution is 6.03. The maximum Gasteiger partial charge on any atom is 0.229 e. The third-order valence-electron chi connectivity index (χ3n) is 4.37. The number of rotatable bonds is 3. The summed E-state index contributed by atoms with van der Waals surface area (Å²) >= 11 is 0. The molecule has 0 atom stereocenters. The van der Waals surface area contributed by atoms with Crippen molar-refractivity contribution in [3.8, 4) is 0 Å². The number of para-hydroxylation sites is 1. The quantitative estimate of drug-likeness (QED) is 0.615. The molecule has 1 aromatic heterocycles. The zero-order valence-corrected chi connectivity index (χ0v) is 11.9. The number of hydrogen-bond donors (Lipinski definition) is 0. The molecular weight excluding hydrogens is 252 g/mol. The third kappa shape index (κ3) is 2.27. The van der Waals surface area contributed by atoms with Crippen LogP contribution in [0.1, 0.15) is 49.1 Å². The average Bonchev–Trinajstić information content (AvgIpc) is 2.76. The van der Waals surface area contributed by atoms with Crippen LogP contribution in [0.5, 0.6) is 0 Å². The highest BCUT2D eigenvalue weighted by Crippen LogP contribution is 2.34. The molecule has 20 heavy (non-hydrogen) atoms. The summed E-state index contributed by atoms with van der Waals surface area (Å²) in [5.74, 6) is 0.424. The second kappa shape index (κ2) is 5.41. The van der Waals surface area contributed by atoms with Gasteiger partial charge < -0.3 is 9.15 Å². The molecular formula is C17H20O3. The first-order valence-electron chi connectivity index (χ1n) is 7.34. The molecule has 0 bridgehead atoms. The molecule has 1 aromatic carbocycles. The van der Waals surface area contributed by atoms with Crippen molar-refractivity contribution >= 4 is 16.8 Å². The van der Waals surface area contributed by atoms with E-state index in [-0.39, 0.29) is 5.78 Å². The summed E-state index contributed by atoms with van der Waals surface area (Å²) in [6, 6.07) is 9.55. The van der Waals surface area contributed by atoms with Crippen LogP contribution < -0.4 is 0 Å². The van der Waals surface area contributed by atoms with Gasteiger partial charge in [0.1, 0.15) is 11.2 Å². The van der Waals surface area contributed by atoms with Gasteiger partial charge in [0.2, 0.25) is 5.78 Å². The van der Waals surface area contributed by atoms with E-state index in [9.17, 15) is 4.79 Å². The van der Waals surface area contributed by atoms with Crippen molar-refractivity contribution in [1.82, 2.24) is 0 Å². The van der Waals surface area contributed by atoms with Gasteiger partial charge >= 0.3 is 0 Å². The van der Waals surface area contributed by atoms with Gasteiger partial charge in [0, 0.05) is 12.5 Å². The molecule has 0 spiro atoms. The van der Waals surface area contributed by atoms with Gasteiger partial charge in [-0.25, -0.2) is 0 Å². The molecule has 3 nitrogen and oxygen atoms in total. The lowest BCUT2D eigenvalue weighted by Gasteiger charge is -2.28. The summed E-state index contributed by atoms with van der Waals surface area (Å²) in [4.78, 5) is 12.9. The number of carbonyl (C=O) groups is 1. The fourth-order valence-corrected chi connectivity index (χ4v) is 3.14. The number of furan rings is 1. The van der Waals surface area contributed by atoms with Crippen LogP contribution in [0.15, 0.2) is 34.7 Å². The van der Waals surface area contributed by atoms with Crippen LogP contribution in [0.3, 0.4) is 0 Å². The van der Waals surface area contributed by atoms with Crippen molar-refractivity contribution in [2.24, 2.45) is 0 Å². The molecule has 0 aliphatic heterocycles. The number of carbonyl (C=O) groups excluding carboxylic acids is 1. The summed E-state index contributed by atoms with van der Waals surface area (Å²) in [5, 5.41) is 0.968. The Labute approximate surface area is 118 Å². The molecule has 1 heterocycles. The molecule has 1 aliphatic carbocycles. The van der Waals surface area contributed by atoms with E-state index in [2.05, 4.69) is 0 Å². The molecule has 0 saturated heterocycles. The fourth-order valence-electron chi connectivity index (χ4n) is 3.14. The van der Waals surface area contributed by atoms with Crippen LogP contribution in [-0.2, 0) is 4.74 Å². The number of Topliss-reactive ketones (excluding diaryl/α,β-unsaturated/α-hetero) is 1. The van der Waals surface area contributed by atoms with Crippen LogP contribution in [0.25, 0.3) is 11.0 Å². The van der Waals surface area contributed by atoms with Gasteiger partial charge in [0.15, 0.2) is 5.76 Å².